The summed E-state index contributed by atoms with van der Waals surface area (Å²) in [5.41, 5.74) is 1.99. The van der Waals surface area contributed by atoms with Crippen LogP contribution in [0, 0.1) is 11.7 Å². The molecule has 0 atom stereocenters. The lowest BCUT2D eigenvalue weighted by Crippen LogP contribution is -2.55. The Labute approximate surface area is 158 Å². The van der Waals surface area contributed by atoms with Crippen molar-refractivity contribution >= 4 is 40.3 Å². The number of nitrogens with one attached hydrogen (secondary N) is 1. The van der Waals surface area contributed by atoms with E-state index in [0.29, 0.717) is 24.3 Å². The fourth-order valence-corrected chi connectivity index (χ4v) is 3.33. The fourth-order valence-electron chi connectivity index (χ4n) is 2.78. The number of hydrogen-bond donors (Lipinski definition) is 1. The molecule has 27 heavy (non-hydrogen) atoms. The van der Waals surface area contributed by atoms with E-state index < -0.39 is 5.82 Å². The smallest absolute Gasteiger partial charge is 0.260 e. The molecule has 0 bridgehead atoms. The van der Waals surface area contributed by atoms with Crippen LogP contribution in [0.1, 0.15) is 0 Å². The maximum absolute atomic E-state index is 13.5. The second-order valence-corrected chi connectivity index (χ2v) is 6.67. The molecule has 1 saturated heterocycles. The minimum atomic E-state index is -0.517. The van der Waals surface area contributed by atoms with E-state index in [2.05, 4.69) is 14.1 Å². The maximum atomic E-state index is 13.5. The van der Waals surface area contributed by atoms with Crippen LogP contribution in [-0.2, 0) is 9.59 Å². The molecule has 3 aromatic rings. The number of anilines is 1. The summed E-state index contributed by atoms with van der Waals surface area (Å²) in [4.78, 5) is 26.0. The Morgan fingerprint density at radius 2 is 2.00 bits per heavy atom. The van der Waals surface area contributed by atoms with E-state index in [1.54, 1.807) is 24.3 Å². The van der Waals surface area contributed by atoms with Crippen LogP contribution < -0.4 is 10.1 Å². The molecule has 0 unspecified atom stereocenters. The minimum absolute atomic E-state index is 0.0330. The number of amides is 2. The SMILES string of the molecule is O=C(Nc1cccc2nsnc12)C1CN(C(=O)COc2ccccc2F)C1. The Bertz CT molecular complexity index is 1000. The minimum Gasteiger partial charge on any atom is -0.481 e. The molecule has 1 aliphatic heterocycles. The van der Waals surface area contributed by atoms with E-state index in [9.17, 15) is 14.0 Å². The number of likely N-dealkylation sites (tertiary alicyclic amines) is 1. The van der Waals surface area contributed by atoms with E-state index >= 15 is 0 Å². The molecular weight excluding hydrogens is 371 g/mol. The lowest BCUT2D eigenvalue weighted by atomic mass is 9.99. The first kappa shape index (κ1) is 17.3. The van der Waals surface area contributed by atoms with Crippen molar-refractivity contribution in [2.75, 3.05) is 25.0 Å². The molecule has 138 valence electrons. The van der Waals surface area contributed by atoms with Crippen LogP contribution in [0.2, 0.25) is 0 Å². The van der Waals surface area contributed by atoms with Crippen LogP contribution in [0.25, 0.3) is 11.0 Å². The standard InChI is InChI=1S/C18H15FN4O3S/c19-12-4-1-2-7-15(12)26-10-16(24)23-8-11(9-23)18(25)20-13-5-3-6-14-17(13)22-27-21-14/h1-7,11H,8-10H2,(H,20,25). The Balaban J connectivity index is 1.28. The van der Waals surface area contributed by atoms with Gasteiger partial charge in [-0.15, -0.1) is 0 Å². The highest BCUT2D eigenvalue weighted by molar-refractivity contribution is 7.00. The van der Waals surface area contributed by atoms with Crippen molar-refractivity contribution in [2.45, 2.75) is 0 Å². The monoisotopic (exact) mass is 386 g/mol. The number of fused-ring (bicyclic) bond motifs is 1. The van der Waals surface area contributed by atoms with Gasteiger partial charge < -0.3 is 15.0 Å². The Morgan fingerprint density at radius 3 is 2.81 bits per heavy atom. The van der Waals surface area contributed by atoms with E-state index in [0.717, 1.165) is 17.2 Å². The van der Waals surface area contributed by atoms with Crippen LogP contribution >= 0.6 is 11.7 Å². The molecule has 0 saturated carbocycles. The largest absolute Gasteiger partial charge is 0.481 e. The summed E-state index contributed by atoms with van der Waals surface area (Å²) < 4.78 is 27.0. The number of para-hydroxylation sites is 1. The summed E-state index contributed by atoms with van der Waals surface area (Å²) in [6, 6.07) is 11.3. The van der Waals surface area contributed by atoms with Gasteiger partial charge in [0.15, 0.2) is 18.2 Å². The van der Waals surface area contributed by atoms with Crippen molar-refractivity contribution in [1.29, 1.82) is 0 Å². The summed E-state index contributed by atoms with van der Waals surface area (Å²) in [6.45, 7) is 0.340. The number of aromatic nitrogens is 2. The van der Waals surface area contributed by atoms with E-state index in [4.69, 9.17) is 4.74 Å². The highest BCUT2D eigenvalue weighted by Crippen LogP contribution is 2.24. The molecule has 2 aromatic carbocycles. The zero-order valence-corrected chi connectivity index (χ0v) is 14.9. The second-order valence-electron chi connectivity index (χ2n) is 6.14. The molecule has 2 heterocycles. The quantitative estimate of drug-likeness (QED) is 0.727. The van der Waals surface area contributed by atoms with Gasteiger partial charge in [0.1, 0.15) is 11.0 Å². The summed E-state index contributed by atoms with van der Waals surface area (Å²) in [6.07, 6.45) is 0. The summed E-state index contributed by atoms with van der Waals surface area (Å²) >= 11 is 1.09. The van der Waals surface area contributed by atoms with E-state index in [-0.39, 0.29) is 30.1 Å². The number of carbonyl (C=O) groups excluding carboxylic acids is 2. The number of rotatable bonds is 5. The highest BCUT2D eigenvalue weighted by Gasteiger charge is 2.36. The van der Waals surface area contributed by atoms with Gasteiger partial charge in [-0.2, -0.15) is 8.75 Å². The number of ether oxygens (including phenoxy) is 1. The Kier molecular flexibility index (Phi) is 4.68. The van der Waals surface area contributed by atoms with Crippen LogP contribution in [0.5, 0.6) is 5.75 Å². The molecule has 9 heteroatoms. The molecule has 1 fully saturated rings. The predicted octanol–water partition coefficient (Wildman–Crippen LogP) is 2.31. The summed E-state index contributed by atoms with van der Waals surface area (Å²) in [5.74, 6) is -1.24. The lowest BCUT2D eigenvalue weighted by Gasteiger charge is -2.38. The number of carbonyl (C=O) groups is 2. The first-order valence-corrected chi connectivity index (χ1v) is 9.02. The van der Waals surface area contributed by atoms with Gasteiger partial charge in [-0.25, -0.2) is 4.39 Å². The maximum Gasteiger partial charge on any atom is 0.260 e. The van der Waals surface area contributed by atoms with Gasteiger partial charge in [0.25, 0.3) is 5.91 Å². The van der Waals surface area contributed by atoms with Crippen LogP contribution in [-0.4, -0.2) is 45.2 Å². The lowest BCUT2D eigenvalue weighted by molar-refractivity contribution is -0.143. The summed E-state index contributed by atoms with van der Waals surface area (Å²) in [5, 5.41) is 2.84. The Hall–Kier alpha value is -3.07. The van der Waals surface area contributed by atoms with Crippen molar-refractivity contribution in [2.24, 2.45) is 5.92 Å². The average molecular weight is 386 g/mol. The molecule has 2 amide bonds. The third-order valence-electron chi connectivity index (χ3n) is 4.34. The molecule has 0 radical (unpaired) electrons. The Morgan fingerprint density at radius 1 is 1.19 bits per heavy atom. The first-order chi connectivity index (χ1) is 13.1. The van der Waals surface area contributed by atoms with Crippen LogP contribution in [0.15, 0.2) is 42.5 Å². The van der Waals surface area contributed by atoms with Crippen molar-refractivity contribution < 1.29 is 18.7 Å². The zero-order chi connectivity index (χ0) is 18.8. The summed E-state index contributed by atoms with van der Waals surface area (Å²) in [7, 11) is 0. The van der Waals surface area contributed by atoms with Gasteiger partial charge in [0.2, 0.25) is 5.91 Å². The third kappa shape index (κ3) is 3.59. The molecular formula is C18H15FN4O3S. The number of nitrogens with zero attached hydrogens (tertiary/aromatic N) is 3. The first-order valence-electron chi connectivity index (χ1n) is 8.29. The topological polar surface area (TPSA) is 84.4 Å². The molecule has 0 aliphatic carbocycles. The van der Waals surface area contributed by atoms with Crippen molar-refractivity contribution in [3.05, 3.63) is 48.3 Å². The molecule has 0 spiro atoms. The number of hydrogen-bond acceptors (Lipinski definition) is 6. The van der Waals surface area contributed by atoms with Gasteiger partial charge in [0.05, 0.1) is 23.3 Å². The molecule has 7 nitrogen and oxygen atoms in total. The number of halogens is 1. The van der Waals surface area contributed by atoms with Gasteiger partial charge in [0, 0.05) is 13.1 Å². The van der Waals surface area contributed by atoms with Gasteiger partial charge in [-0.05, 0) is 24.3 Å². The molecule has 1 aliphatic rings. The average Bonchev–Trinajstić information content (AvgIpc) is 3.09. The second kappa shape index (κ2) is 7.28. The van der Waals surface area contributed by atoms with Gasteiger partial charge in [-0.3, -0.25) is 9.59 Å². The number of benzene rings is 2. The zero-order valence-electron chi connectivity index (χ0n) is 14.1. The van der Waals surface area contributed by atoms with E-state index in [1.807, 2.05) is 6.07 Å². The van der Waals surface area contributed by atoms with Crippen molar-refractivity contribution in [3.8, 4) is 5.75 Å². The van der Waals surface area contributed by atoms with Crippen molar-refractivity contribution in [3.63, 3.8) is 0 Å². The van der Waals surface area contributed by atoms with E-state index in [1.165, 1.54) is 17.0 Å². The van der Waals surface area contributed by atoms with Crippen LogP contribution in [0.3, 0.4) is 0 Å². The normalized spacial score (nSPS) is 14.0. The van der Waals surface area contributed by atoms with Gasteiger partial charge in [-0.1, -0.05) is 18.2 Å². The highest BCUT2D eigenvalue weighted by atomic mass is 32.1. The van der Waals surface area contributed by atoms with Crippen molar-refractivity contribution in [1.82, 2.24) is 13.6 Å². The molecule has 1 N–H and O–H groups in total. The van der Waals surface area contributed by atoms with Gasteiger partial charge >= 0.3 is 0 Å². The third-order valence-corrected chi connectivity index (χ3v) is 4.88. The predicted molar refractivity (Wildman–Crippen MR) is 98.0 cm³/mol. The fraction of sp³-hybridized carbons (Fsp3) is 0.222. The van der Waals surface area contributed by atoms with Crippen LogP contribution in [0.4, 0.5) is 10.1 Å². The molecule has 1 aromatic heterocycles. The molecule has 4 rings (SSSR count).